The molecule has 1 aromatic carbocycles. The first-order chi connectivity index (χ1) is 7.40. The Labute approximate surface area is 97.0 Å². The lowest BCUT2D eigenvalue weighted by atomic mass is 10.0. The summed E-state index contributed by atoms with van der Waals surface area (Å²) in [6.45, 7) is 7.95. The van der Waals surface area contributed by atoms with Gasteiger partial charge in [-0.2, -0.15) is 0 Å². The van der Waals surface area contributed by atoms with Gasteiger partial charge in [0.15, 0.2) is 0 Å². The maximum atomic E-state index is 11.0. The number of hydrogen-bond donors (Lipinski definition) is 2. The maximum Gasteiger partial charge on any atom is 0.234 e. The van der Waals surface area contributed by atoms with Crippen molar-refractivity contribution >= 4 is 5.91 Å². The van der Waals surface area contributed by atoms with Crippen LogP contribution >= 0.6 is 0 Å². The standard InChI is InChI=1S/C13H20N2O/c1-8-5-9(2)7-12(6-8)10(3)15-11(4)13(14)16/h5-7,10-11,15H,1-4H3,(H2,14,16). The lowest BCUT2D eigenvalue weighted by molar-refractivity contribution is -0.119. The summed E-state index contributed by atoms with van der Waals surface area (Å²) < 4.78 is 0. The molecule has 1 aromatic rings. The molecule has 3 heteroatoms. The molecule has 0 aliphatic rings. The van der Waals surface area contributed by atoms with Gasteiger partial charge in [-0.25, -0.2) is 0 Å². The molecule has 0 saturated carbocycles. The summed E-state index contributed by atoms with van der Waals surface area (Å²) in [5.74, 6) is -0.323. The van der Waals surface area contributed by atoms with Crippen LogP contribution in [0.15, 0.2) is 18.2 Å². The molecular weight excluding hydrogens is 200 g/mol. The van der Waals surface area contributed by atoms with Crippen molar-refractivity contribution in [3.63, 3.8) is 0 Å². The number of nitrogens with two attached hydrogens (primary N) is 1. The van der Waals surface area contributed by atoms with E-state index in [4.69, 9.17) is 5.73 Å². The second kappa shape index (κ2) is 5.12. The molecule has 2 unspecified atom stereocenters. The third-order valence-corrected chi connectivity index (χ3v) is 2.67. The van der Waals surface area contributed by atoms with Gasteiger partial charge < -0.3 is 5.73 Å². The van der Waals surface area contributed by atoms with Crippen molar-refractivity contribution in [2.75, 3.05) is 0 Å². The average molecular weight is 220 g/mol. The molecule has 3 nitrogen and oxygen atoms in total. The quantitative estimate of drug-likeness (QED) is 0.813. The summed E-state index contributed by atoms with van der Waals surface area (Å²) in [5.41, 5.74) is 8.87. The number of primary amides is 1. The van der Waals surface area contributed by atoms with E-state index in [1.54, 1.807) is 6.92 Å². The Bertz CT molecular complexity index is 367. The third kappa shape index (κ3) is 3.35. The van der Waals surface area contributed by atoms with Crippen LogP contribution in [0.5, 0.6) is 0 Å². The number of amides is 1. The summed E-state index contributed by atoms with van der Waals surface area (Å²) in [7, 11) is 0. The Morgan fingerprint density at radius 2 is 1.69 bits per heavy atom. The zero-order valence-corrected chi connectivity index (χ0v) is 10.4. The number of nitrogens with one attached hydrogen (secondary N) is 1. The fourth-order valence-corrected chi connectivity index (χ4v) is 1.81. The zero-order chi connectivity index (χ0) is 12.3. The van der Waals surface area contributed by atoms with Crippen molar-refractivity contribution in [3.8, 4) is 0 Å². The maximum absolute atomic E-state index is 11.0. The van der Waals surface area contributed by atoms with Gasteiger partial charge in [0.25, 0.3) is 0 Å². The van der Waals surface area contributed by atoms with Gasteiger partial charge in [-0.15, -0.1) is 0 Å². The van der Waals surface area contributed by atoms with Crippen molar-refractivity contribution in [2.45, 2.75) is 39.8 Å². The predicted octanol–water partition coefficient (Wildman–Crippen LogP) is 1.83. The van der Waals surface area contributed by atoms with Crippen LogP contribution in [0, 0.1) is 13.8 Å². The Kier molecular flexibility index (Phi) is 4.07. The van der Waals surface area contributed by atoms with Crippen molar-refractivity contribution in [3.05, 3.63) is 34.9 Å². The Hall–Kier alpha value is -1.35. The molecule has 0 radical (unpaired) electrons. The minimum atomic E-state index is -0.323. The molecule has 0 fully saturated rings. The van der Waals surface area contributed by atoms with Gasteiger partial charge in [0.05, 0.1) is 6.04 Å². The van der Waals surface area contributed by atoms with Gasteiger partial charge in [-0.3, -0.25) is 10.1 Å². The molecule has 2 atom stereocenters. The number of hydrogen-bond acceptors (Lipinski definition) is 2. The van der Waals surface area contributed by atoms with Gasteiger partial charge in [0, 0.05) is 6.04 Å². The van der Waals surface area contributed by atoms with Crippen LogP contribution in [0.4, 0.5) is 0 Å². The fourth-order valence-electron chi connectivity index (χ4n) is 1.81. The Balaban J connectivity index is 2.80. The van der Waals surface area contributed by atoms with E-state index in [-0.39, 0.29) is 18.0 Å². The lowest BCUT2D eigenvalue weighted by Gasteiger charge is -2.19. The van der Waals surface area contributed by atoms with Gasteiger partial charge in [0.1, 0.15) is 0 Å². The summed E-state index contributed by atoms with van der Waals surface area (Å²) in [6, 6.07) is 6.20. The topological polar surface area (TPSA) is 55.1 Å². The summed E-state index contributed by atoms with van der Waals surface area (Å²) in [4.78, 5) is 11.0. The van der Waals surface area contributed by atoms with Crippen molar-refractivity contribution in [2.24, 2.45) is 5.73 Å². The van der Waals surface area contributed by atoms with Crippen molar-refractivity contribution in [1.82, 2.24) is 5.32 Å². The highest BCUT2D eigenvalue weighted by molar-refractivity contribution is 5.79. The van der Waals surface area contributed by atoms with Gasteiger partial charge in [-0.05, 0) is 33.3 Å². The largest absolute Gasteiger partial charge is 0.368 e. The molecule has 0 aliphatic heterocycles. The third-order valence-electron chi connectivity index (χ3n) is 2.67. The molecule has 0 saturated heterocycles. The molecule has 0 aliphatic carbocycles. The molecule has 0 heterocycles. The Morgan fingerprint density at radius 3 is 2.12 bits per heavy atom. The number of carbonyl (C=O) groups excluding carboxylic acids is 1. The second-order valence-corrected chi connectivity index (χ2v) is 4.43. The first-order valence-electron chi connectivity index (χ1n) is 5.53. The van der Waals surface area contributed by atoms with Crippen LogP contribution in [-0.4, -0.2) is 11.9 Å². The number of rotatable bonds is 4. The number of aryl methyl sites for hydroxylation is 2. The minimum absolute atomic E-state index is 0.126. The van der Waals surface area contributed by atoms with E-state index < -0.39 is 0 Å². The molecule has 88 valence electrons. The molecule has 16 heavy (non-hydrogen) atoms. The molecule has 1 rings (SSSR count). The van der Waals surface area contributed by atoms with Crippen LogP contribution in [0.3, 0.4) is 0 Å². The average Bonchev–Trinajstić information content (AvgIpc) is 2.15. The lowest BCUT2D eigenvalue weighted by Crippen LogP contribution is -2.40. The highest BCUT2D eigenvalue weighted by Gasteiger charge is 2.13. The normalized spacial score (nSPS) is 14.5. The fraction of sp³-hybridized carbons (Fsp3) is 0.462. The first-order valence-corrected chi connectivity index (χ1v) is 5.53. The van der Waals surface area contributed by atoms with Gasteiger partial charge in [-0.1, -0.05) is 29.3 Å². The van der Waals surface area contributed by atoms with E-state index in [0.717, 1.165) is 0 Å². The summed E-state index contributed by atoms with van der Waals surface area (Å²) in [6.07, 6.45) is 0. The van der Waals surface area contributed by atoms with Gasteiger partial charge >= 0.3 is 0 Å². The van der Waals surface area contributed by atoms with E-state index in [2.05, 4.69) is 37.4 Å². The van der Waals surface area contributed by atoms with Crippen LogP contribution in [-0.2, 0) is 4.79 Å². The van der Waals surface area contributed by atoms with E-state index in [1.165, 1.54) is 16.7 Å². The molecular formula is C13H20N2O. The minimum Gasteiger partial charge on any atom is -0.368 e. The van der Waals surface area contributed by atoms with Gasteiger partial charge in [0.2, 0.25) is 5.91 Å². The van der Waals surface area contributed by atoms with E-state index >= 15 is 0 Å². The van der Waals surface area contributed by atoms with Crippen LogP contribution in [0.25, 0.3) is 0 Å². The predicted molar refractivity (Wildman–Crippen MR) is 66.1 cm³/mol. The molecule has 1 amide bonds. The van der Waals surface area contributed by atoms with Crippen molar-refractivity contribution in [1.29, 1.82) is 0 Å². The second-order valence-electron chi connectivity index (χ2n) is 4.43. The van der Waals surface area contributed by atoms with E-state index in [9.17, 15) is 4.79 Å². The number of benzene rings is 1. The first kappa shape index (κ1) is 12.7. The number of carbonyl (C=O) groups is 1. The van der Waals surface area contributed by atoms with Crippen LogP contribution in [0.1, 0.15) is 36.6 Å². The van der Waals surface area contributed by atoms with Crippen molar-refractivity contribution < 1.29 is 4.79 Å². The Morgan fingerprint density at radius 1 is 1.19 bits per heavy atom. The molecule has 0 spiro atoms. The monoisotopic (exact) mass is 220 g/mol. The summed E-state index contributed by atoms with van der Waals surface area (Å²) in [5, 5.41) is 3.18. The van der Waals surface area contributed by atoms with E-state index in [0.29, 0.717) is 0 Å². The molecule has 0 aromatic heterocycles. The SMILES string of the molecule is Cc1cc(C)cc(C(C)NC(C)C(N)=O)c1. The molecule has 3 N–H and O–H groups in total. The summed E-state index contributed by atoms with van der Waals surface area (Å²) >= 11 is 0. The highest BCUT2D eigenvalue weighted by Crippen LogP contribution is 2.16. The highest BCUT2D eigenvalue weighted by atomic mass is 16.1. The van der Waals surface area contributed by atoms with E-state index in [1.807, 2.05) is 6.92 Å². The van der Waals surface area contributed by atoms with Crippen LogP contribution in [0.2, 0.25) is 0 Å². The zero-order valence-electron chi connectivity index (χ0n) is 10.4. The molecule has 0 bridgehead atoms. The van der Waals surface area contributed by atoms with Crippen LogP contribution < -0.4 is 11.1 Å². The smallest absolute Gasteiger partial charge is 0.234 e.